The molecule has 23 heteroatoms. The van der Waals surface area contributed by atoms with Gasteiger partial charge in [-0.05, 0) is 123 Å². The Hall–Kier alpha value is -5.14. The molecule has 0 saturated heterocycles. The van der Waals surface area contributed by atoms with Crippen LogP contribution >= 0.6 is 23.2 Å². The Bertz CT molecular complexity index is 2320. The van der Waals surface area contributed by atoms with E-state index >= 15 is 0 Å². The number of hydrogen-bond acceptors (Lipinski definition) is 18. The zero-order chi connectivity index (χ0) is 54.3. The number of anilines is 8. The first-order valence-electron chi connectivity index (χ1n) is 26.0. The van der Waals surface area contributed by atoms with Crippen LogP contribution in [0.3, 0.4) is 0 Å². The van der Waals surface area contributed by atoms with Crippen molar-refractivity contribution in [1.82, 2.24) is 49.8 Å². The normalized spacial score (nSPS) is 15.4. The molecule has 0 bridgehead atoms. The van der Waals surface area contributed by atoms with Gasteiger partial charge in [-0.3, -0.25) is 0 Å². The Morgan fingerprint density at radius 3 is 0.831 bits per heavy atom. The van der Waals surface area contributed by atoms with E-state index < -0.39 is 0 Å². The monoisotopic (exact) mass is 1260 g/mol. The summed E-state index contributed by atoms with van der Waals surface area (Å²) >= 11 is 17.3. The molecule has 0 aromatic carbocycles. The minimum Gasteiger partial charge on any atom is 2.00 e. The number of nitrogens with zero attached hydrogens (tertiary/aromatic N) is 16. The summed E-state index contributed by atoms with van der Waals surface area (Å²) in [6, 6.07) is 24.8. The third-order valence-corrected chi connectivity index (χ3v) is 13.8. The van der Waals surface area contributed by atoms with Crippen LogP contribution in [0.4, 0.5) is 47.1 Å². The van der Waals surface area contributed by atoms with Crippen LogP contribution in [-0.4, -0.2) is 130 Å². The number of nitriles is 2. The van der Waals surface area contributed by atoms with E-state index in [9.17, 15) is 0 Å². The summed E-state index contributed by atoms with van der Waals surface area (Å²) in [5.74, 6) is 4.99. The van der Waals surface area contributed by atoms with Crippen LogP contribution in [0, 0.1) is 20.5 Å². The van der Waals surface area contributed by atoms with Crippen LogP contribution in [0.15, 0.2) is 97.6 Å². The second-order valence-electron chi connectivity index (χ2n) is 18.0. The fraction of sp³-hybridized carbons (Fsp3) is 0.481. The van der Waals surface area contributed by atoms with Crippen LogP contribution < -0.4 is 19.6 Å². The number of aliphatic hydroxyl groups is 2. The average Bonchev–Trinajstić information content (AvgIpc) is 3.48. The molecule has 4 saturated carbocycles. The molecule has 0 spiro atoms. The Balaban J connectivity index is 0.000000282. The molecule has 4 aliphatic carbocycles. The molecule has 2 N–H and O–H groups in total. The fourth-order valence-electron chi connectivity index (χ4n) is 10.4. The van der Waals surface area contributed by atoms with Crippen molar-refractivity contribution in [1.29, 1.82) is 10.5 Å². The smallest absolute Gasteiger partial charge is 2.00 e. The maximum absolute atomic E-state index is 7.26. The van der Waals surface area contributed by atoms with Crippen molar-refractivity contribution in [3.8, 4) is 9.94 Å². The Morgan fingerprint density at radius 2 is 0.623 bits per heavy atom. The first-order valence-corrected chi connectivity index (χ1v) is 28.4. The second-order valence-corrected chi connectivity index (χ2v) is 19.4. The zero-order valence-corrected chi connectivity index (χ0v) is 49.7. The molecule has 6 aromatic heterocycles. The van der Waals surface area contributed by atoms with Gasteiger partial charge in [0.1, 0.15) is 23.3 Å². The second kappa shape index (κ2) is 36.9. The van der Waals surface area contributed by atoms with Crippen molar-refractivity contribution in [3.63, 3.8) is 0 Å². The molecule has 6 heterocycles. The van der Waals surface area contributed by atoms with Crippen molar-refractivity contribution in [2.45, 2.75) is 153 Å². The molecule has 0 amide bonds. The molecule has 4 fully saturated rings. The molecule has 410 valence electrons. The minimum atomic E-state index is 0. The molecule has 0 aliphatic heterocycles. The predicted octanol–water partition coefficient (Wildman–Crippen LogP) is 11.0. The van der Waals surface area contributed by atoms with Crippen molar-refractivity contribution in [3.05, 3.63) is 108 Å². The van der Waals surface area contributed by atoms with E-state index in [0.29, 0.717) is 71.2 Å². The van der Waals surface area contributed by atoms with Crippen LogP contribution in [0.1, 0.15) is 128 Å². The summed E-state index contributed by atoms with van der Waals surface area (Å²) in [6.07, 6.45) is 31.8. The van der Waals surface area contributed by atoms with Crippen molar-refractivity contribution in [2.75, 3.05) is 33.8 Å². The predicted molar refractivity (Wildman–Crippen MR) is 302 cm³/mol. The molecule has 18 nitrogen and oxygen atoms in total. The molecule has 77 heavy (non-hydrogen) atoms. The SMILES string of the molecule is CO.CO.Clc1nc(N(c2ccccn2)c2ccccn2)nc(N(C2CCCCC2)C2CCCCC2)n1.Clc1nc(N(c2ccccn2)c2ccccn2)nc(N(C2CCCCC2)C2CCCCC2)n1.N#C[Se-].N#C[Se-].[Fe+2]. The number of aromatic nitrogens is 10. The van der Waals surface area contributed by atoms with E-state index in [1.165, 1.54) is 128 Å². The van der Waals surface area contributed by atoms with E-state index in [0.717, 1.165) is 14.2 Å². The number of hydrogen-bond donors (Lipinski definition) is 2. The van der Waals surface area contributed by atoms with E-state index in [4.69, 9.17) is 53.9 Å². The average molecular weight is 1260 g/mol. The van der Waals surface area contributed by atoms with Crippen LogP contribution in [0.25, 0.3) is 0 Å². The van der Waals surface area contributed by atoms with Gasteiger partial charge in [0.15, 0.2) is 0 Å². The van der Waals surface area contributed by atoms with E-state index in [1.807, 2.05) is 82.6 Å². The van der Waals surface area contributed by atoms with Gasteiger partial charge in [-0.2, -0.15) is 29.9 Å². The Morgan fingerprint density at radius 1 is 0.403 bits per heavy atom. The maximum atomic E-state index is 7.26. The molecule has 0 atom stereocenters. The third-order valence-electron chi connectivity index (χ3n) is 13.4. The van der Waals surface area contributed by atoms with E-state index in [2.05, 4.69) is 81.7 Å². The summed E-state index contributed by atoms with van der Waals surface area (Å²) in [7, 11) is 2.00. The van der Waals surface area contributed by atoms with Gasteiger partial charge in [0.25, 0.3) is 0 Å². The first kappa shape index (κ1) is 64.4. The largest absolute Gasteiger partial charge is 2.00 e. The number of rotatable bonds is 12. The summed E-state index contributed by atoms with van der Waals surface area (Å²) < 4.78 is 0. The molecule has 0 radical (unpaired) electrons. The first-order chi connectivity index (χ1) is 37.4. The summed E-state index contributed by atoms with van der Waals surface area (Å²) in [5, 5.41) is 28.9. The van der Waals surface area contributed by atoms with Gasteiger partial charge >= 0.3 is 69.6 Å². The topological polar surface area (TPSA) is 230 Å². The molecule has 0 unspecified atom stereocenters. The third kappa shape index (κ3) is 19.6. The van der Waals surface area contributed by atoms with Crippen LogP contribution in [-0.2, 0) is 17.1 Å². The van der Waals surface area contributed by atoms with Crippen molar-refractivity contribution in [2.24, 2.45) is 0 Å². The fourth-order valence-corrected chi connectivity index (χ4v) is 10.7. The van der Waals surface area contributed by atoms with Gasteiger partial charge in [0.05, 0.1) is 0 Å². The van der Waals surface area contributed by atoms with Gasteiger partial charge in [-0.1, -0.05) is 101 Å². The molecular weight excluding hydrogens is 1190 g/mol. The summed E-state index contributed by atoms with van der Waals surface area (Å²) in [4.78, 5) is 58.4. The van der Waals surface area contributed by atoms with E-state index in [-0.39, 0.29) is 27.6 Å². The van der Waals surface area contributed by atoms with Crippen LogP contribution in [0.2, 0.25) is 10.6 Å². The minimum absolute atomic E-state index is 0. The quantitative estimate of drug-likeness (QED) is 0.109. The van der Waals surface area contributed by atoms with Crippen LogP contribution in [0.5, 0.6) is 0 Å². The number of aliphatic hydroxyl groups excluding tert-OH is 2. The Kier molecular flexibility index (Phi) is 30.8. The van der Waals surface area contributed by atoms with E-state index in [1.54, 1.807) is 34.7 Å². The summed E-state index contributed by atoms with van der Waals surface area (Å²) in [5.41, 5.74) is 0. The summed E-state index contributed by atoms with van der Waals surface area (Å²) in [6.45, 7) is 0. The molecule has 6 aromatic rings. The van der Waals surface area contributed by atoms with Gasteiger partial charge in [0.2, 0.25) is 34.4 Å². The zero-order valence-electron chi connectivity index (χ0n) is 43.7. The van der Waals surface area contributed by atoms with Crippen molar-refractivity contribution >= 4 is 102 Å². The van der Waals surface area contributed by atoms with Crippen molar-refractivity contribution < 1.29 is 27.3 Å². The molecular formula is C54H68Cl2FeN16O2Se2. The van der Waals surface area contributed by atoms with Gasteiger partial charge < -0.3 is 20.0 Å². The molecule has 10 rings (SSSR count). The van der Waals surface area contributed by atoms with Gasteiger partial charge in [-0.25, -0.2) is 29.7 Å². The van der Waals surface area contributed by atoms with Gasteiger partial charge in [-0.15, -0.1) is 0 Å². The number of halogens is 2. The standard InChI is InChI=1S/2C25H30ClN7.2CHNSe.2CH4O.Fe/c2*26-23-29-24(32(19-11-3-1-4-12-19)20-13-5-2-6-14-20)31-25(30-23)33(21-15-7-9-17-27-21)22-16-8-10-18-28-22;2*2-1-3;2*1-2;/h2*7-10,15-20H,1-6,11-14H2;2*3H;2*2H,1H3;/q;;;;;;+2/p-2. The van der Waals surface area contributed by atoms with Gasteiger partial charge in [0, 0.05) is 63.2 Å². The maximum Gasteiger partial charge on any atom is 2.00 e. The number of pyridine rings is 4. The molecule has 4 aliphatic rings. The Labute approximate surface area is 491 Å².